The minimum absolute atomic E-state index is 0.201. The van der Waals surface area contributed by atoms with E-state index in [0.29, 0.717) is 25.8 Å². The standard InChI is InChI=1S/C18H34N6O8/c1-9(26)14(18(31)32)24-17(30)12(8-25)23-16(29)11(5-6-13(21)27)22-15(28)10(20)4-2-3-7-19/h9-12,14,25-26H,2-8,19-20H2,1H3,(H2,21,27)(H,22,28)(H,23,29)(H,24,30)(H,31,32). The zero-order valence-corrected chi connectivity index (χ0v) is 18.0. The third kappa shape index (κ3) is 11.0. The summed E-state index contributed by atoms with van der Waals surface area (Å²) in [4.78, 5) is 59.4. The molecule has 0 saturated carbocycles. The van der Waals surface area contributed by atoms with E-state index in [4.69, 9.17) is 22.3 Å². The van der Waals surface area contributed by atoms with E-state index in [1.165, 1.54) is 0 Å². The largest absolute Gasteiger partial charge is 0.480 e. The van der Waals surface area contributed by atoms with E-state index in [-0.39, 0.29) is 12.8 Å². The third-order valence-corrected chi connectivity index (χ3v) is 4.48. The fourth-order valence-corrected chi connectivity index (χ4v) is 2.58. The van der Waals surface area contributed by atoms with Crippen LogP contribution in [0.15, 0.2) is 0 Å². The van der Waals surface area contributed by atoms with Crippen LogP contribution in [-0.4, -0.2) is 88.3 Å². The molecular weight excluding hydrogens is 428 g/mol. The number of rotatable bonds is 16. The van der Waals surface area contributed by atoms with Crippen molar-refractivity contribution in [3.63, 3.8) is 0 Å². The van der Waals surface area contributed by atoms with Gasteiger partial charge >= 0.3 is 5.97 Å². The van der Waals surface area contributed by atoms with Gasteiger partial charge in [-0.15, -0.1) is 0 Å². The Morgan fingerprint density at radius 1 is 0.906 bits per heavy atom. The molecule has 0 heterocycles. The molecule has 14 heteroatoms. The summed E-state index contributed by atoms with van der Waals surface area (Å²) in [6.07, 6.45) is -0.360. The van der Waals surface area contributed by atoms with Crippen molar-refractivity contribution in [2.45, 2.75) is 69.3 Å². The minimum Gasteiger partial charge on any atom is -0.480 e. The number of carboxylic acids is 1. The van der Waals surface area contributed by atoms with Crippen molar-refractivity contribution < 1.29 is 39.3 Å². The molecular formula is C18H34N6O8. The van der Waals surface area contributed by atoms with Gasteiger partial charge in [0.25, 0.3) is 0 Å². The number of aliphatic carboxylic acids is 1. The second kappa shape index (κ2) is 15.1. The van der Waals surface area contributed by atoms with Crippen LogP contribution in [0.5, 0.6) is 0 Å². The first-order valence-electron chi connectivity index (χ1n) is 10.1. The number of carbonyl (C=O) groups excluding carboxylic acids is 4. The molecule has 0 saturated heterocycles. The monoisotopic (exact) mass is 462 g/mol. The highest BCUT2D eigenvalue weighted by atomic mass is 16.4. The fraction of sp³-hybridized carbons (Fsp3) is 0.722. The summed E-state index contributed by atoms with van der Waals surface area (Å²) in [5.41, 5.74) is 16.3. The molecule has 0 aromatic rings. The van der Waals surface area contributed by atoms with Gasteiger partial charge in [-0.25, -0.2) is 4.79 Å². The lowest BCUT2D eigenvalue weighted by molar-refractivity contribution is -0.145. The Kier molecular flexibility index (Phi) is 13.7. The molecule has 0 bridgehead atoms. The summed E-state index contributed by atoms with van der Waals surface area (Å²) >= 11 is 0. The summed E-state index contributed by atoms with van der Waals surface area (Å²) in [6, 6.07) is -5.51. The zero-order valence-electron chi connectivity index (χ0n) is 18.0. The normalized spacial score (nSPS) is 15.5. The van der Waals surface area contributed by atoms with Crippen LogP contribution in [0.2, 0.25) is 0 Å². The molecule has 32 heavy (non-hydrogen) atoms. The molecule has 0 aliphatic carbocycles. The van der Waals surface area contributed by atoms with Crippen molar-refractivity contribution in [3.8, 4) is 0 Å². The van der Waals surface area contributed by atoms with E-state index in [9.17, 15) is 34.2 Å². The van der Waals surface area contributed by atoms with E-state index >= 15 is 0 Å². The van der Waals surface area contributed by atoms with Gasteiger partial charge in [-0.3, -0.25) is 19.2 Å². The van der Waals surface area contributed by atoms with Crippen LogP contribution in [-0.2, 0) is 24.0 Å². The summed E-state index contributed by atoms with van der Waals surface area (Å²) in [6.45, 7) is 0.664. The Balaban J connectivity index is 5.23. The maximum absolute atomic E-state index is 12.6. The number of unbranched alkanes of at least 4 members (excludes halogenated alkanes) is 1. The van der Waals surface area contributed by atoms with Gasteiger partial charge in [0.05, 0.1) is 18.8 Å². The Labute approximate surface area is 185 Å². The average molecular weight is 463 g/mol. The number of hydrogen-bond donors (Lipinski definition) is 9. The maximum atomic E-state index is 12.6. The van der Waals surface area contributed by atoms with Gasteiger partial charge < -0.3 is 48.5 Å². The molecule has 0 aromatic carbocycles. The molecule has 5 unspecified atom stereocenters. The number of amides is 4. The molecule has 5 atom stereocenters. The van der Waals surface area contributed by atoms with E-state index < -0.39 is 66.5 Å². The highest BCUT2D eigenvalue weighted by Crippen LogP contribution is 2.03. The lowest BCUT2D eigenvalue weighted by atomic mass is 10.1. The predicted molar refractivity (Wildman–Crippen MR) is 112 cm³/mol. The van der Waals surface area contributed by atoms with Crippen LogP contribution in [0.4, 0.5) is 0 Å². The maximum Gasteiger partial charge on any atom is 0.328 e. The van der Waals surface area contributed by atoms with E-state index in [2.05, 4.69) is 10.6 Å². The summed E-state index contributed by atoms with van der Waals surface area (Å²) in [5.74, 6) is -4.93. The number of carboxylic acid groups (broad SMARTS) is 1. The molecule has 0 aromatic heterocycles. The van der Waals surface area contributed by atoms with Crippen molar-refractivity contribution in [1.82, 2.24) is 16.0 Å². The molecule has 4 amide bonds. The third-order valence-electron chi connectivity index (χ3n) is 4.48. The Bertz CT molecular complexity index is 659. The van der Waals surface area contributed by atoms with Crippen molar-refractivity contribution in [3.05, 3.63) is 0 Å². The highest BCUT2D eigenvalue weighted by molar-refractivity contribution is 5.94. The van der Waals surface area contributed by atoms with Crippen molar-refractivity contribution in [1.29, 1.82) is 0 Å². The molecule has 0 spiro atoms. The fourth-order valence-electron chi connectivity index (χ4n) is 2.58. The van der Waals surface area contributed by atoms with Crippen LogP contribution < -0.4 is 33.2 Å². The topological polar surface area (TPSA) is 260 Å². The lowest BCUT2D eigenvalue weighted by Crippen LogP contribution is -2.59. The number of carbonyl (C=O) groups is 5. The van der Waals surface area contributed by atoms with Gasteiger partial charge in [0.1, 0.15) is 12.1 Å². The van der Waals surface area contributed by atoms with Gasteiger partial charge in [0.2, 0.25) is 23.6 Å². The first kappa shape index (κ1) is 29.2. The van der Waals surface area contributed by atoms with Crippen LogP contribution in [0, 0.1) is 0 Å². The van der Waals surface area contributed by atoms with Crippen LogP contribution in [0.1, 0.15) is 39.0 Å². The van der Waals surface area contributed by atoms with Crippen LogP contribution in [0.3, 0.4) is 0 Å². The molecule has 0 radical (unpaired) electrons. The molecule has 0 aliphatic rings. The van der Waals surface area contributed by atoms with Gasteiger partial charge in [-0.2, -0.15) is 0 Å². The van der Waals surface area contributed by atoms with Crippen LogP contribution in [0.25, 0.3) is 0 Å². The van der Waals surface area contributed by atoms with E-state index in [1.54, 1.807) is 0 Å². The number of primary amides is 1. The SMILES string of the molecule is CC(O)C(NC(=O)C(CO)NC(=O)C(CCC(N)=O)NC(=O)C(N)CCCCN)C(=O)O. The van der Waals surface area contributed by atoms with Crippen LogP contribution >= 0.6 is 0 Å². The Hall–Kier alpha value is -2.81. The van der Waals surface area contributed by atoms with Gasteiger partial charge in [0.15, 0.2) is 6.04 Å². The first-order valence-corrected chi connectivity index (χ1v) is 10.1. The zero-order chi connectivity index (χ0) is 24.8. The van der Waals surface area contributed by atoms with Crippen molar-refractivity contribution in [2.75, 3.05) is 13.2 Å². The average Bonchev–Trinajstić information content (AvgIpc) is 2.71. The molecule has 0 fully saturated rings. The molecule has 0 aliphatic heterocycles. The van der Waals surface area contributed by atoms with Gasteiger partial charge in [0, 0.05) is 6.42 Å². The van der Waals surface area contributed by atoms with Gasteiger partial charge in [-0.1, -0.05) is 6.42 Å². The van der Waals surface area contributed by atoms with Crippen molar-refractivity contribution >= 4 is 29.6 Å². The number of nitrogens with one attached hydrogen (secondary N) is 3. The lowest BCUT2D eigenvalue weighted by Gasteiger charge is -2.24. The summed E-state index contributed by atoms with van der Waals surface area (Å²) in [5, 5.41) is 34.5. The quantitative estimate of drug-likeness (QED) is 0.0994. The second-order valence-electron chi connectivity index (χ2n) is 7.27. The number of nitrogens with two attached hydrogens (primary N) is 3. The summed E-state index contributed by atoms with van der Waals surface area (Å²) < 4.78 is 0. The highest BCUT2D eigenvalue weighted by Gasteiger charge is 2.31. The number of hydrogen-bond acceptors (Lipinski definition) is 9. The molecule has 14 nitrogen and oxygen atoms in total. The smallest absolute Gasteiger partial charge is 0.328 e. The molecule has 184 valence electrons. The minimum atomic E-state index is -1.68. The Morgan fingerprint density at radius 3 is 1.94 bits per heavy atom. The van der Waals surface area contributed by atoms with Gasteiger partial charge in [-0.05, 0) is 32.7 Å². The Morgan fingerprint density at radius 2 is 1.47 bits per heavy atom. The van der Waals surface area contributed by atoms with E-state index in [1.807, 2.05) is 5.32 Å². The molecule has 0 rings (SSSR count). The second-order valence-corrected chi connectivity index (χ2v) is 7.27. The van der Waals surface area contributed by atoms with Crippen molar-refractivity contribution in [2.24, 2.45) is 17.2 Å². The molecule has 12 N–H and O–H groups in total. The number of aliphatic hydroxyl groups excluding tert-OH is 2. The number of aliphatic hydroxyl groups is 2. The predicted octanol–water partition coefficient (Wildman–Crippen LogP) is -4.38. The summed E-state index contributed by atoms with van der Waals surface area (Å²) in [7, 11) is 0. The van der Waals surface area contributed by atoms with E-state index in [0.717, 1.165) is 6.92 Å². The first-order chi connectivity index (χ1) is 14.9.